The van der Waals surface area contributed by atoms with Crippen LogP contribution in [0.15, 0.2) is 57.9 Å². The zero-order valence-electron chi connectivity index (χ0n) is 9.47. The first-order valence-electron chi connectivity index (χ1n) is 5.36. The molecule has 18 heavy (non-hydrogen) atoms. The Labute approximate surface area is 120 Å². The van der Waals surface area contributed by atoms with Gasteiger partial charge in [0, 0.05) is 9.37 Å². The van der Waals surface area contributed by atoms with Crippen LogP contribution < -0.4 is 0 Å². The molecule has 2 aromatic rings. The summed E-state index contributed by atoms with van der Waals surface area (Å²) in [7, 11) is 0. The molecule has 0 unspecified atom stereocenters. The van der Waals surface area contributed by atoms with Gasteiger partial charge in [-0.15, -0.1) is 12.6 Å². The van der Waals surface area contributed by atoms with Crippen molar-refractivity contribution in [2.24, 2.45) is 0 Å². The standard InChI is InChI=1S/C14H11BrO2S/c15-12-5-1-3-10(7-12)9-17-14(16)11-4-2-6-13(18)8-11/h1-8,18H,9H2. The van der Waals surface area contributed by atoms with Gasteiger partial charge in [0.05, 0.1) is 5.56 Å². The number of carbonyl (C=O) groups excluding carboxylic acids is 1. The molecule has 0 aliphatic carbocycles. The predicted octanol–water partition coefficient (Wildman–Crippen LogP) is 4.09. The first-order chi connectivity index (χ1) is 8.65. The normalized spacial score (nSPS) is 10.1. The lowest BCUT2D eigenvalue weighted by Crippen LogP contribution is -2.05. The maximum Gasteiger partial charge on any atom is 0.338 e. The van der Waals surface area contributed by atoms with Gasteiger partial charge in [-0.3, -0.25) is 0 Å². The minimum atomic E-state index is -0.342. The minimum absolute atomic E-state index is 0.259. The Kier molecular flexibility index (Phi) is 4.44. The van der Waals surface area contributed by atoms with Gasteiger partial charge in [0.25, 0.3) is 0 Å². The first kappa shape index (κ1) is 13.2. The highest BCUT2D eigenvalue weighted by atomic mass is 79.9. The molecule has 0 spiro atoms. The van der Waals surface area contributed by atoms with E-state index in [0.717, 1.165) is 14.9 Å². The summed E-state index contributed by atoms with van der Waals surface area (Å²) < 4.78 is 6.20. The number of benzene rings is 2. The second-order valence-corrected chi connectivity index (χ2v) is 5.19. The lowest BCUT2D eigenvalue weighted by Gasteiger charge is -2.05. The predicted molar refractivity (Wildman–Crippen MR) is 77.0 cm³/mol. The van der Waals surface area contributed by atoms with Crippen LogP contribution in [0.5, 0.6) is 0 Å². The molecule has 0 bridgehead atoms. The smallest absolute Gasteiger partial charge is 0.338 e. The van der Waals surface area contributed by atoms with Crippen LogP contribution >= 0.6 is 28.6 Å². The summed E-state index contributed by atoms with van der Waals surface area (Å²) in [5.41, 5.74) is 1.46. The third-order valence-corrected chi connectivity index (χ3v) is 3.11. The summed E-state index contributed by atoms with van der Waals surface area (Å²) in [6.45, 7) is 0.259. The van der Waals surface area contributed by atoms with Crippen LogP contribution in [-0.2, 0) is 11.3 Å². The Morgan fingerprint density at radius 3 is 2.67 bits per heavy atom. The Balaban J connectivity index is 2.00. The van der Waals surface area contributed by atoms with E-state index in [1.807, 2.05) is 30.3 Å². The highest BCUT2D eigenvalue weighted by Crippen LogP contribution is 2.14. The quantitative estimate of drug-likeness (QED) is 0.680. The maximum atomic E-state index is 11.8. The molecule has 0 N–H and O–H groups in total. The van der Waals surface area contributed by atoms with Gasteiger partial charge in [-0.05, 0) is 35.9 Å². The van der Waals surface area contributed by atoms with Crippen LogP contribution in [0.1, 0.15) is 15.9 Å². The fraction of sp³-hybridized carbons (Fsp3) is 0.0714. The van der Waals surface area contributed by atoms with E-state index in [9.17, 15) is 4.79 Å². The molecule has 2 aromatic carbocycles. The van der Waals surface area contributed by atoms with E-state index in [4.69, 9.17) is 4.74 Å². The van der Waals surface area contributed by atoms with Gasteiger partial charge in [0.1, 0.15) is 6.61 Å². The number of rotatable bonds is 3. The topological polar surface area (TPSA) is 26.3 Å². The fourth-order valence-corrected chi connectivity index (χ4v) is 2.16. The molecule has 2 nitrogen and oxygen atoms in total. The average Bonchev–Trinajstić information content (AvgIpc) is 2.36. The molecule has 0 aliphatic heterocycles. The van der Waals surface area contributed by atoms with Crippen molar-refractivity contribution in [2.75, 3.05) is 0 Å². The molecule has 0 radical (unpaired) electrons. The molecule has 0 aliphatic rings. The minimum Gasteiger partial charge on any atom is -0.457 e. The Bertz CT molecular complexity index is 569. The van der Waals surface area contributed by atoms with Crippen molar-refractivity contribution < 1.29 is 9.53 Å². The van der Waals surface area contributed by atoms with Gasteiger partial charge >= 0.3 is 5.97 Å². The summed E-state index contributed by atoms with van der Waals surface area (Å²) >= 11 is 7.56. The second-order valence-electron chi connectivity index (χ2n) is 3.76. The number of carbonyl (C=O) groups is 1. The average molecular weight is 323 g/mol. The van der Waals surface area contributed by atoms with Crippen molar-refractivity contribution in [1.29, 1.82) is 0 Å². The van der Waals surface area contributed by atoms with E-state index < -0.39 is 0 Å². The molecule has 92 valence electrons. The van der Waals surface area contributed by atoms with E-state index in [2.05, 4.69) is 28.6 Å². The van der Waals surface area contributed by atoms with Crippen LogP contribution in [0.2, 0.25) is 0 Å². The molecular weight excluding hydrogens is 312 g/mol. The molecule has 0 aromatic heterocycles. The van der Waals surface area contributed by atoms with Gasteiger partial charge in [-0.2, -0.15) is 0 Å². The van der Waals surface area contributed by atoms with Crippen LogP contribution in [0.25, 0.3) is 0 Å². The molecule has 2 rings (SSSR count). The van der Waals surface area contributed by atoms with Gasteiger partial charge in [0.2, 0.25) is 0 Å². The molecule has 0 saturated heterocycles. The summed E-state index contributed by atoms with van der Waals surface area (Å²) in [4.78, 5) is 12.5. The van der Waals surface area contributed by atoms with Gasteiger partial charge in [-0.1, -0.05) is 34.1 Å². The maximum absolute atomic E-state index is 11.8. The SMILES string of the molecule is O=C(OCc1cccc(Br)c1)c1cccc(S)c1. The van der Waals surface area contributed by atoms with E-state index in [0.29, 0.717) is 5.56 Å². The summed E-state index contributed by atoms with van der Waals surface area (Å²) in [6.07, 6.45) is 0. The Morgan fingerprint density at radius 1 is 1.17 bits per heavy atom. The molecular formula is C14H11BrO2S. The van der Waals surface area contributed by atoms with Gasteiger partial charge in [0.15, 0.2) is 0 Å². The third kappa shape index (κ3) is 3.62. The van der Waals surface area contributed by atoms with Crippen molar-refractivity contribution >= 4 is 34.5 Å². The molecule has 0 saturated carbocycles. The van der Waals surface area contributed by atoms with Crippen molar-refractivity contribution in [3.05, 3.63) is 64.1 Å². The van der Waals surface area contributed by atoms with Crippen LogP contribution in [0.3, 0.4) is 0 Å². The number of thiol groups is 1. The largest absolute Gasteiger partial charge is 0.457 e. The second kappa shape index (κ2) is 6.07. The zero-order chi connectivity index (χ0) is 13.0. The number of hydrogen-bond acceptors (Lipinski definition) is 3. The highest BCUT2D eigenvalue weighted by molar-refractivity contribution is 9.10. The zero-order valence-corrected chi connectivity index (χ0v) is 11.9. The van der Waals surface area contributed by atoms with Crippen LogP contribution in [0.4, 0.5) is 0 Å². The molecule has 0 fully saturated rings. The molecule has 0 amide bonds. The lowest BCUT2D eigenvalue weighted by atomic mass is 10.2. The van der Waals surface area contributed by atoms with E-state index in [1.54, 1.807) is 18.2 Å². The molecule has 4 heteroatoms. The van der Waals surface area contributed by atoms with E-state index in [1.165, 1.54) is 0 Å². The Hall–Kier alpha value is -1.26. The van der Waals surface area contributed by atoms with E-state index >= 15 is 0 Å². The summed E-state index contributed by atoms with van der Waals surface area (Å²) in [5, 5.41) is 0. The van der Waals surface area contributed by atoms with Crippen LogP contribution in [0, 0.1) is 0 Å². The summed E-state index contributed by atoms with van der Waals surface area (Å²) in [5.74, 6) is -0.342. The number of halogens is 1. The number of ether oxygens (including phenoxy) is 1. The third-order valence-electron chi connectivity index (χ3n) is 2.34. The highest BCUT2D eigenvalue weighted by Gasteiger charge is 2.07. The van der Waals surface area contributed by atoms with Crippen molar-refractivity contribution in [3.63, 3.8) is 0 Å². The molecule has 0 atom stereocenters. The van der Waals surface area contributed by atoms with Gasteiger partial charge in [-0.25, -0.2) is 4.79 Å². The number of esters is 1. The van der Waals surface area contributed by atoms with Crippen molar-refractivity contribution in [2.45, 2.75) is 11.5 Å². The molecule has 0 heterocycles. The number of hydrogen-bond donors (Lipinski definition) is 1. The Morgan fingerprint density at radius 2 is 1.94 bits per heavy atom. The van der Waals surface area contributed by atoms with Gasteiger partial charge < -0.3 is 4.74 Å². The van der Waals surface area contributed by atoms with E-state index in [-0.39, 0.29) is 12.6 Å². The van der Waals surface area contributed by atoms with Crippen LogP contribution in [-0.4, -0.2) is 5.97 Å². The fourth-order valence-electron chi connectivity index (χ4n) is 1.49. The van der Waals surface area contributed by atoms with Crippen molar-refractivity contribution in [1.82, 2.24) is 0 Å². The van der Waals surface area contributed by atoms with Crippen molar-refractivity contribution in [3.8, 4) is 0 Å². The monoisotopic (exact) mass is 322 g/mol. The first-order valence-corrected chi connectivity index (χ1v) is 6.60. The lowest BCUT2D eigenvalue weighted by molar-refractivity contribution is 0.0472. The summed E-state index contributed by atoms with van der Waals surface area (Å²) in [6, 6.07) is 14.6.